The zero-order chi connectivity index (χ0) is 12.7. The number of nitrogens with one attached hydrogen (secondary N) is 1. The zero-order valence-electron chi connectivity index (χ0n) is 12.5. The molecule has 0 amide bonds. The molecule has 0 aromatic rings. The SMILES string of the molecule is CCCNC1CCC(CCC)CC1CC(C)C. The molecule has 1 rings (SSSR count). The second kappa shape index (κ2) is 8.13. The van der Waals surface area contributed by atoms with Crippen molar-refractivity contribution in [3.05, 3.63) is 0 Å². The van der Waals surface area contributed by atoms with Gasteiger partial charge >= 0.3 is 0 Å². The fourth-order valence-corrected chi connectivity index (χ4v) is 3.50. The molecule has 1 aliphatic carbocycles. The first-order chi connectivity index (χ1) is 8.17. The van der Waals surface area contributed by atoms with E-state index in [0.717, 1.165) is 23.8 Å². The minimum Gasteiger partial charge on any atom is -0.314 e. The van der Waals surface area contributed by atoms with Crippen molar-refractivity contribution in [1.29, 1.82) is 0 Å². The quantitative estimate of drug-likeness (QED) is 0.683. The molecule has 1 saturated carbocycles. The van der Waals surface area contributed by atoms with Gasteiger partial charge in [0.05, 0.1) is 0 Å². The summed E-state index contributed by atoms with van der Waals surface area (Å²) in [5, 5.41) is 3.79. The molecule has 102 valence electrons. The van der Waals surface area contributed by atoms with Crippen molar-refractivity contribution in [1.82, 2.24) is 5.32 Å². The molecule has 1 N–H and O–H groups in total. The van der Waals surface area contributed by atoms with Gasteiger partial charge in [0.1, 0.15) is 0 Å². The fourth-order valence-electron chi connectivity index (χ4n) is 3.50. The van der Waals surface area contributed by atoms with Crippen LogP contribution in [0.1, 0.15) is 72.6 Å². The van der Waals surface area contributed by atoms with Crippen LogP contribution in [0.3, 0.4) is 0 Å². The lowest BCUT2D eigenvalue weighted by atomic mass is 9.73. The molecule has 1 heteroatoms. The van der Waals surface area contributed by atoms with Gasteiger partial charge in [-0.1, -0.05) is 40.5 Å². The van der Waals surface area contributed by atoms with Crippen LogP contribution < -0.4 is 5.32 Å². The first kappa shape index (κ1) is 15.0. The van der Waals surface area contributed by atoms with Crippen LogP contribution in [-0.4, -0.2) is 12.6 Å². The Labute approximate surface area is 109 Å². The summed E-state index contributed by atoms with van der Waals surface area (Å²) in [6.07, 6.45) is 9.87. The molecule has 0 heterocycles. The van der Waals surface area contributed by atoms with Gasteiger partial charge in [-0.15, -0.1) is 0 Å². The average Bonchev–Trinajstić information content (AvgIpc) is 2.28. The van der Waals surface area contributed by atoms with Gasteiger partial charge in [0.25, 0.3) is 0 Å². The number of hydrogen-bond donors (Lipinski definition) is 1. The summed E-state index contributed by atoms with van der Waals surface area (Å²) in [7, 11) is 0. The average molecular weight is 239 g/mol. The second-order valence-corrected chi connectivity index (χ2v) is 6.42. The van der Waals surface area contributed by atoms with E-state index in [1.807, 2.05) is 0 Å². The smallest absolute Gasteiger partial charge is 0.00956 e. The Hall–Kier alpha value is -0.0400. The van der Waals surface area contributed by atoms with Gasteiger partial charge in [-0.3, -0.25) is 0 Å². The third kappa shape index (κ3) is 5.42. The molecule has 1 fully saturated rings. The van der Waals surface area contributed by atoms with Crippen LogP contribution in [0.4, 0.5) is 0 Å². The van der Waals surface area contributed by atoms with Crippen molar-refractivity contribution in [3.8, 4) is 0 Å². The van der Waals surface area contributed by atoms with Gasteiger partial charge in [-0.25, -0.2) is 0 Å². The monoisotopic (exact) mass is 239 g/mol. The van der Waals surface area contributed by atoms with Gasteiger partial charge < -0.3 is 5.32 Å². The largest absolute Gasteiger partial charge is 0.314 e. The third-order valence-electron chi connectivity index (χ3n) is 4.22. The molecule has 0 aromatic heterocycles. The predicted octanol–water partition coefficient (Wildman–Crippen LogP) is 4.62. The molecule has 3 atom stereocenters. The molecule has 3 unspecified atom stereocenters. The Morgan fingerprint density at radius 3 is 2.47 bits per heavy atom. The second-order valence-electron chi connectivity index (χ2n) is 6.42. The van der Waals surface area contributed by atoms with E-state index in [1.54, 1.807) is 0 Å². The Balaban J connectivity index is 2.46. The summed E-state index contributed by atoms with van der Waals surface area (Å²) in [5.41, 5.74) is 0. The zero-order valence-corrected chi connectivity index (χ0v) is 12.5. The van der Waals surface area contributed by atoms with Crippen LogP contribution in [0.15, 0.2) is 0 Å². The van der Waals surface area contributed by atoms with Crippen LogP contribution in [0.2, 0.25) is 0 Å². The topological polar surface area (TPSA) is 12.0 Å². The van der Waals surface area contributed by atoms with Crippen LogP contribution in [0, 0.1) is 17.8 Å². The molecule has 0 aromatic carbocycles. The van der Waals surface area contributed by atoms with Gasteiger partial charge in [-0.05, 0) is 56.4 Å². The van der Waals surface area contributed by atoms with E-state index >= 15 is 0 Å². The lowest BCUT2D eigenvalue weighted by Crippen LogP contribution is -2.41. The minimum atomic E-state index is 0.811. The van der Waals surface area contributed by atoms with E-state index < -0.39 is 0 Å². The maximum Gasteiger partial charge on any atom is 0.00956 e. The fraction of sp³-hybridized carbons (Fsp3) is 1.00. The van der Waals surface area contributed by atoms with E-state index in [4.69, 9.17) is 0 Å². The molecule has 0 radical (unpaired) electrons. The Morgan fingerprint density at radius 2 is 1.88 bits per heavy atom. The van der Waals surface area contributed by atoms with Crippen molar-refractivity contribution in [2.75, 3.05) is 6.54 Å². The maximum atomic E-state index is 3.79. The molecule has 17 heavy (non-hydrogen) atoms. The van der Waals surface area contributed by atoms with E-state index in [0.29, 0.717) is 0 Å². The van der Waals surface area contributed by atoms with Crippen LogP contribution in [-0.2, 0) is 0 Å². The summed E-state index contributed by atoms with van der Waals surface area (Å²) >= 11 is 0. The lowest BCUT2D eigenvalue weighted by molar-refractivity contribution is 0.172. The van der Waals surface area contributed by atoms with Gasteiger partial charge in [0.2, 0.25) is 0 Å². The van der Waals surface area contributed by atoms with Crippen LogP contribution >= 0.6 is 0 Å². The highest BCUT2D eigenvalue weighted by Crippen LogP contribution is 2.35. The molecule has 0 saturated heterocycles. The van der Waals surface area contributed by atoms with E-state index in [2.05, 4.69) is 33.0 Å². The van der Waals surface area contributed by atoms with Crippen molar-refractivity contribution < 1.29 is 0 Å². The van der Waals surface area contributed by atoms with Gasteiger partial charge in [0, 0.05) is 6.04 Å². The van der Waals surface area contributed by atoms with Crippen molar-refractivity contribution in [2.24, 2.45) is 17.8 Å². The number of rotatable bonds is 7. The molecular formula is C16H33N. The summed E-state index contributed by atoms with van der Waals surface area (Å²) in [4.78, 5) is 0. The van der Waals surface area contributed by atoms with Crippen LogP contribution in [0.25, 0.3) is 0 Å². The van der Waals surface area contributed by atoms with E-state index in [-0.39, 0.29) is 0 Å². The van der Waals surface area contributed by atoms with Crippen LogP contribution in [0.5, 0.6) is 0 Å². The van der Waals surface area contributed by atoms with E-state index in [9.17, 15) is 0 Å². The summed E-state index contributed by atoms with van der Waals surface area (Å²) in [6.45, 7) is 10.6. The molecule has 0 spiro atoms. The molecule has 1 nitrogen and oxygen atoms in total. The highest BCUT2D eigenvalue weighted by atomic mass is 14.9. The molecule has 0 bridgehead atoms. The summed E-state index contributed by atoms with van der Waals surface area (Å²) < 4.78 is 0. The number of hydrogen-bond acceptors (Lipinski definition) is 1. The first-order valence-electron chi connectivity index (χ1n) is 7.90. The normalized spacial score (nSPS) is 29.8. The van der Waals surface area contributed by atoms with Crippen molar-refractivity contribution in [2.45, 2.75) is 78.7 Å². The highest BCUT2D eigenvalue weighted by molar-refractivity contribution is 4.85. The summed E-state index contributed by atoms with van der Waals surface area (Å²) in [6, 6.07) is 0.811. The van der Waals surface area contributed by atoms with Crippen molar-refractivity contribution >= 4 is 0 Å². The highest BCUT2D eigenvalue weighted by Gasteiger charge is 2.29. The molecule has 0 aliphatic heterocycles. The summed E-state index contributed by atoms with van der Waals surface area (Å²) in [5.74, 6) is 2.81. The Morgan fingerprint density at radius 1 is 1.12 bits per heavy atom. The Kier molecular flexibility index (Phi) is 7.18. The maximum absolute atomic E-state index is 3.79. The molecular weight excluding hydrogens is 206 g/mol. The van der Waals surface area contributed by atoms with E-state index in [1.165, 1.54) is 51.5 Å². The third-order valence-corrected chi connectivity index (χ3v) is 4.22. The predicted molar refractivity (Wildman–Crippen MR) is 77.3 cm³/mol. The van der Waals surface area contributed by atoms with Gasteiger partial charge in [0.15, 0.2) is 0 Å². The Bertz CT molecular complexity index is 188. The first-order valence-corrected chi connectivity index (χ1v) is 7.90. The standard InChI is InChI=1S/C16H33N/c1-5-7-14-8-9-16(17-10-6-2)15(12-14)11-13(3)4/h13-17H,5-12H2,1-4H3. The lowest BCUT2D eigenvalue weighted by Gasteiger charge is -2.38. The van der Waals surface area contributed by atoms with Gasteiger partial charge in [-0.2, -0.15) is 0 Å². The van der Waals surface area contributed by atoms with Crippen molar-refractivity contribution in [3.63, 3.8) is 0 Å². The minimum absolute atomic E-state index is 0.811. The molecule has 1 aliphatic rings.